The molecule has 1 heterocycles. The normalized spacial score (nSPS) is 11.3. The van der Waals surface area contributed by atoms with Gasteiger partial charge in [-0.25, -0.2) is 13.8 Å². The van der Waals surface area contributed by atoms with Crippen LogP contribution in [-0.2, 0) is 5.75 Å². The van der Waals surface area contributed by atoms with Gasteiger partial charge in [0.1, 0.15) is 11.6 Å². The van der Waals surface area contributed by atoms with Gasteiger partial charge < -0.3 is 0 Å². The first-order valence-electron chi connectivity index (χ1n) is 9.68. The van der Waals surface area contributed by atoms with Gasteiger partial charge in [0.05, 0.1) is 16.6 Å². The van der Waals surface area contributed by atoms with Gasteiger partial charge in [-0.1, -0.05) is 66.4 Å². The van der Waals surface area contributed by atoms with Gasteiger partial charge >= 0.3 is 0 Å². The number of aromatic nitrogens is 2. The van der Waals surface area contributed by atoms with E-state index in [9.17, 15) is 13.6 Å². The van der Waals surface area contributed by atoms with Crippen LogP contribution in [0.1, 0.15) is 5.56 Å². The Labute approximate surface area is 181 Å². The van der Waals surface area contributed by atoms with Crippen molar-refractivity contribution in [3.05, 3.63) is 112 Å². The molecule has 0 unspecified atom stereocenters. The predicted molar refractivity (Wildman–Crippen MR) is 121 cm³/mol. The van der Waals surface area contributed by atoms with Crippen molar-refractivity contribution in [3.63, 3.8) is 0 Å². The van der Waals surface area contributed by atoms with Gasteiger partial charge in [0.25, 0.3) is 5.56 Å². The topological polar surface area (TPSA) is 34.9 Å². The number of benzene rings is 4. The number of nitrogens with zero attached hydrogens (tertiary/aromatic N) is 2. The van der Waals surface area contributed by atoms with Crippen LogP contribution in [0, 0.1) is 11.6 Å². The van der Waals surface area contributed by atoms with Gasteiger partial charge in [-0.3, -0.25) is 9.36 Å². The maximum Gasteiger partial charge on any atom is 0.266 e. The zero-order valence-electron chi connectivity index (χ0n) is 16.3. The third-order valence-electron chi connectivity index (χ3n) is 5.13. The van der Waals surface area contributed by atoms with E-state index in [4.69, 9.17) is 0 Å². The fourth-order valence-electron chi connectivity index (χ4n) is 3.64. The van der Waals surface area contributed by atoms with Gasteiger partial charge in [0, 0.05) is 11.8 Å². The molecule has 4 aromatic carbocycles. The summed E-state index contributed by atoms with van der Waals surface area (Å²) in [6, 6.07) is 24.2. The standard InChI is InChI=1S/C25H16F2N2OS/c26-18-12-13-23(21(27)14-18)29-24(30)20-10-3-4-11-22(20)28-25(29)31-15-17-8-5-7-16-6-1-2-9-19(16)17/h1-14H,15H2. The van der Waals surface area contributed by atoms with Crippen LogP contribution < -0.4 is 5.56 Å². The molecule has 6 heteroatoms. The van der Waals surface area contributed by atoms with E-state index < -0.39 is 17.2 Å². The quantitative estimate of drug-likeness (QED) is 0.255. The van der Waals surface area contributed by atoms with Crippen molar-refractivity contribution in [3.8, 4) is 5.69 Å². The minimum atomic E-state index is -0.814. The number of thioether (sulfide) groups is 1. The van der Waals surface area contributed by atoms with Crippen LogP contribution in [-0.4, -0.2) is 9.55 Å². The number of hydrogen-bond donors (Lipinski definition) is 0. The molecule has 0 spiro atoms. The zero-order chi connectivity index (χ0) is 21.4. The van der Waals surface area contributed by atoms with E-state index in [2.05, 4.69) is 4.98 Å². The Morgan fingerprint density at radius 1 is 0.839 bits per heavy atom. The van der Waals surface area contributed by atoms with Crippen LogP contribution in [0.4, 0.5) is 8.78 Å². The highest BCUT2D eigenvalue weighted by Crippen LogP contribution is 2.29. The molecule has 0 N–H and O–H groups in total. The number of rotatable bonds is 4. The largest absolute Gasteiger partial charge is 0.268 e. The summed E-state index contributed by atoms with van der Waals surface area (Å²) in [7, 11) is 0. The highest BCUT2D eigenvalue weighted by Gasteiger charge is 2.17. The lowest BCUT2D eigenvalue weighted by molar-refractivity contribution is 0.572. The summed E-state index contributed by atoms with van der Waals surface area (Å²) in [5.74, 6) is -0.978. The van der Waals surface area contributed by atoms with E-state index in [-0.39, 0.29) is 5.69 Å². The molecule has 0 saturated carbocycles. The fourth-order valence-corrected chi connectivity index (χ4v) is 4.65. The van der Waals surface area contributed by atoms with E-state index >= 15 is 0 Å². The first-order chi connectivity index (χ1) is 15.1. The van der Waals surface area contributed by atoms with Crippen molar-refractivity contribution in [1.29, 1.82) is 0 Å². The number of fused-ring (bicyclic) bond motifs is 2. The van der Waals surface area contributed by atoms with Crippen LogP contribution in [0.2, 0.25) is 0 Å². The van der Waals surface area contributed by atoms with Gasteiger partial charge in [-0.05, 0) is 40.6 Å². The van der Waals surface area contributed by atoms with E-state index in [0.29, 0.717) is 21.8 Å². The SMILES string of the molecule is O=c1c2ccccc2nc(SCc2cccc3ccccc23)n1-c1ccc(F)cc1F. The summed E-state index contributed by atoms with van der Waals surface area (Å²) in [6.07, 6.45) is 0. The van der Waals surface area contributed by atoms with E-state index in [1.807, 2.05) is 42.5 Å². The number of para-hydroxylation sites is 1. The van der Waals surface area contributed by atoms with Gasteiger partial charge in [0.2, 0.25) is 0 Å². The summed E-state index contributed by atoms with van der Waals surface area (Å²) in [5.41, 5.74) is 1.20. The predicted octanol–water partition coefficient (Wildman–Crippen LogP) is 6.11. The first kappa shape index (κ1) is 19.5. The first-order valence-corrected chi connectivity index (χ1v) is 10.7. The Bertz CT molecular complexity index is 1490. The minimum absolute atomic E-state index is 0.0231. The Morgan fingerprint density at radius 2 is 1.58 bits per heavy atom. The summed E-state index contributed by atoms with van der Waals surface area (Å²) >= 11 is 1.34. The van der Waals surface area contributed by atoms with Crippen LogP contribution in [0.25, 0.3) is 27.4 Å². The molecular formula is C25H16F2N2OS. The van der Waals surface area contributed by atoms with Gasteiger partial charge in [-0.15, -0.1) is 0 Å². The smallest absolute Gasteiger partial charge is 0.266 e. The van der Waals surface area contributed by atoms with Crippen LogP contribution in [0.3, 0.4) is 0 Å². The maximum atomic E-state index is 14.6. The second kappa shape index (κ2) is 7.96. The highest BCUT2D eigenvalue weighted by atomic mass is 32.2. The molecule has 1 aromatic heterocycles. The molecule has 0 bridgehead atoms. The lowest BCUT2D eigenvalue weighted by Crippen LogP contribution is -2.22. The monoisotopic (exact) mass is 430 g/mol. The Hall–Kier alpha value is -3.51. The van der Waals surface area contributed by atoms with Crippen molar-refractivity contribution in [2.75, 3.05) is 0 Å². The summed E-state index contributed by atoms with van der Waals surface area (Å²) < 4.78 is 29.3. The molecule has 0 aliphatic rings. The number of hydrogen-bond acceptors (Lipinski definition) is 3. The highest BCUT2D eigenvalue weighted by molar-refractivity contribution is 7.98. The molecule has 152 valence electrons. The molecular weight excluding hydrogens is 414 g/mol. The molecule has 0 aliphatic carbocycles. The van der Waals surface area contributed by atoms with E-state index in [1.165, 1.54) is 22.4 Å². The Morgan fingerprint density at radius 3 is 2.42 bits per heavy atom. The van der Waals surface area contributed by atoms with Crippen molar-refractivity contribution in [2.24, 2.45) is 0 Å². The second-order valence-corrected chi connectivity index (χ2v) is 8.02. The molecule has 0 radical (unpaired) electrons. The molecule has 3 nitrogen and oxygen atoms in total. The molecule has 0 saturated heterocycles. The van der Waals surface area contributed by atoms with Gasteiger partial charge in [0.15, 0.2) is 5.16 Å². The van der Waals surface area contributed by atoms with E-state index in [1.54, 1.807) is 24.3 Å². The summed E-state index contributed by atoms with van der Waals surface area (Å²) in [4.78, 5) is 17.9. The fraction of sp³-hybridized carbons (Fsp3) is 0.0400. The maximum absolute atomic E-state index is 14.6. The van der Waals surface area contributed by atoms with Crippen LogP contribution in [0.5, 0.6) is 0 Å². The molecule has 5 rings (SSSR count). The minimum Gasteiger partial charge on any atom is -0.268 e. The zero-order valence-corrected chi connectivity index (χ0v) is 17.1. The molecule has 0 atom stereocenters. The Kier molecular flexibility index (Phi) is 5.00. The molecule has 5 aromatic rings. The second-order valence-electron chi connectivity index (χ2n) is 7.07. The van der Waals surface area contributed by atoms with Crippen LogP contribution >= 0.6 is 11.8 Å². The van der Waals surface area contributed by atoms with E-state index in [0.717, 1.165) is 28.5 Å². The van der Waals surface area contributed by atoms with Crippen molar-refractivity contribution >= 4 is 33.4 Å². The molecule has 31 heavy (non-hydrogen) atoms. The average molecular weight is 430 g/mol. The van der Waals surface area contributed by atoms with Gasteiger partial charge in [-0.2, -0.15) is 0 Å². The Balaban J connectivity index is 1.66. The number of halogens is 2. The third-order valence-corrected chi connectivity index (χ3v) is 6.12. The van der Waals surface area contributed by atoms with Crippen molar-refractivity contribution in [2.45, 2.75) is 10.9 Å². The van der Waals surface area contributed by atoms with Crippen LogP contribution in [0.15, 0.2) is 94.9 Å². The molecule has 0 amide bonds. The van der Waals surface area contributed by atoms with Crippen molar-refractivity contribution in [1.82, 2.24) is 9.55 Å². The molecule has 0 fully saturated rings. The lowest BCUT2D eigenvalue weighted by Gasteiger charge is -2.14. The third kappa shape index (κ3) is 3.59. The lowest BCUT2D eigenvalue weighted by atomic mass is 10.1. The van der Waals surface area contributed by atoms with Crippen molar-refractivity contribution < 1.29 is 8.78 Å². The summed E-state index contributed by atoms with van der Waals surface area (Å²) in [5, 5.41) is 2.96. The molecule has 0 aliphatic heterocycles. The average Bonchev–Trinajstić information content (AvgIpc) is 2.78. The summed E-state index contributed by atoms with van der Waals surface area (Å²) in [6.45, 7) is 0.